The molecule has 1 aliphatic rings. The third-order valence-electron chi connectivity index (χ3n) is 4.85. The van der Waals surface area contributed by atoms with Crippen molar-refractivity contribution in [3.05, 3.63) is 93.3 Å². The molecule has 2 aromatic carbocycles. The van der Waals surface area contributed by atoms with Crippen molar-refractivity contribution in [1.82, 2.24) is 20.0 Å². The summed E-state index contributed by atoms with van der Waals surface area (Å²) >= 11 is 0. The number of halogens is 1. The molecule has 1 aliphatic heterocycles. The Balaban J connectivity index is 1.67. The Bertz CT molecular complexity index is 1210. The van der Waals surface area contributed by atoms with Crippen LogP contribution in [0, 0.1) is 5.82 Å². The first-order valence-electron chi connectivity index (χ1n) is 9.46. The van der Waals surface area contributed by atoms with Crippen molar-refractivity contribution in [3.63, 3.8) is 0 Å². The van der Waals surface area contributed by atoms with Gasteiger partial charge < -0.3 is 5.32 Å². The standard InChI is InChI=1S/C22H19FN4O3/c1-2-18-17(20(28)27(25-18)16-9-4-3-5-10-16)12-19-21(29)26(22(30)24-19)13-14-7-6-8-15(23)11-14/h3-12,25H,2,13H2,1H3,(H,24,30). The Hall–Kier alpha value is -3.94. The number of imide groups is 1. The molecular weight excluding hydrogens is 387 g/mol. The van der Waals surface area contributed by atoms with Gasteiger partial charge in [-0.2, -0.15) is 0 Å². The van der Waals surface area contributed by atoms with Gasteiger partial charge in [-0.15, -0.1) is 0 Å². The second-order valence-corrected chi connectivity index (χ2v) is 6.84. The number of carbonyl (C=O) groups excluding carboxylic acids is 2. The molecule has 0 saturated carbocycles. The summed E-state index contributed by atoms with van der Waals surface area (Å²) in [5.74, 6) is -1.02. The lowest BCUT2D eigenvalue weighted by molar-refractivity contribution is -0.123. The summed E-state index contributed by atoms with van der Waals surface area (Å²) in [6.45, 7) is 1.82. The number of rotatable bonds is 5. The third-order valence-corrected chi connectivity index (χ3v) is 4.85. The maximum absolute atomic E-state index is 13.4. The number of aromatic nitrogens is 2. The zero-order chi connectivity index (χ0) is 21.3. The number of nitrogens with one attached hydrogen (secondary N) is 2. The predicted molar refractivity (Wildman–Crippen MR) is 109 cm³/mol. The highest BCUT2D eigenvalue weighted by Gasteiger charge is 2.34. The van der Waals surface area contributed by atoms with Crippen molar-refractivity contribution in [2.45, 2.75) is 19.9 Å². The van der Waals surface area contributed by atoms with Gasteiger partial charge in [0.05, 0.1) is 17.8 Å². The molecule has 3 aromatic rings. The van der Waals surface area contributed by atoms with Crippen molar-refractivity contribution in [3.8, 4) is 5.69 Å². The molecule has 0 aliphatic carbocycles. The van der Waals surface area contributed by atoms with Crippen LogP contribution in [0.3, 0.4) is 0 Å². The average Bonchev–Trinajstić information content (AvgIpc) is 3.20. The molecule has 7 nitrogen and oxygen atoms in total. The van der Waals surface area contributed by atoms with Crippen LogP contribution in [-0.2, 0) is 17.8 Å². The van der Waals surface area contributed by atoms with Gasteiger partial charge in [0.25, 0.3) is 11.5 Å². The van der Waals surface area contributed by atoms with E-state index in [4.69, 9.17) is 0 Å². The van der Waals surface area contributed by atoms with Gasteiger partial charge in [0, 0.05) is 5.69 Å². The normalized spacial score (nSPS) is 15.1. The molecule has 30 heavy (non-hydrogen) atoms. The SMILES string of the molecule is CCc1[nH]n(-c2ccccc2)c(=O)c1C=C1NC(=O)N(Cc2cccc(F)c2)C1=O. The minimum Gasteiger partial charge on any atom is -0.303 e. The molecule has 1 aromatic heterocycles. The van der Waals surface area contributed by atoms with Crippen molar-refractivity contribution in [2.24, 2.45) is 0 Å². The van der Waals surface area contributed by atoms with Gasteiger partial charge in [0.1, 0.15) is 11.5 Å². The molecule has 0 bridgehead atoms. The van der Waals surface area contributed by atoms with E-state index in [0.717, 1.165) is 4.90 Å². The number of para-hydroxylation sites is 1. The molecule has 152 valence electrons. The van der Waals surface area contributed by atoms with E-state index in [1.165, 1.54) is 29.0 Å². The number of hydrogen-bond acceptors (Lipinski definition) is 3. The van der Waals surface area contributed by atoms with E-state index in [9.17, 15) is 18.8 Å². The van der Waals surface area contributed by atoms with E-state index >= 15 is 0 Å². The second kappa shape index (κ2) is 7.82. The average molecular weight is 406 g/mol. The molecular formula is C22H19FN4O3. The topological polar surface area (TPSA) is 87.2 Å². The fraction of sp³-hybridized carbons (Fsp3) is 0.136. The number of amides is 3. The fourth-order valence-electron chi connectivity index (χ4n) is 3.35. The first-order valence-corrected chi connectivity index (χ1v) is 9.46. The summed E-state index contributed by atoms with van der Waals surface area (Å²) in [6, 6.07) is 14.1. The van der Waals surface area contributed by atoms with Crippen molar-refractivity contribution in [2.75, 3.05) is 0 Å². The summed E-state index contributed by atoms with van der Waals surface area (Å²) in [7, 11) is 0. The van der Waals surface area contributed by atoms with Gasteiger partial charge in [-0.3, -0.25) is 19.6 Å². The lowest BCUT2D eigenvalue weighted by atomic mass is 10.1. The summed E-state index contributed by atoms with van der Waals surface area (Å²) in [4.78, 5) is 39.0. The fourth-order valence-corrected chi connectivity index (χ4v) is 3.35. The van der Waals surface area contributed by atoms with E-state index in [-0.39, 0.29) is 17.8 Å². The minimum absolute atomic E-state index is 0.00224. The zero-order valence-corrected chi connectivity index (χ0v) is 16.2. The van der Waals surface area contributed by atoms with Crippen LogP contribution in [0.5, 0.6) is 0 Å². The number of hydrogen-bond donors (Lipinski definition) is 2. The molecule has 2 heterocycles. The van der Waals surface area contributed by atoms with E-state index in [2.05, 4.69) is 10.4 Å². The number of H-pyrrole nitrogens is 1. The molecule has 1 saturated heterocycles. The van der Waals surface area contributed by atoms with Gasteiger partial charge >= 0.3 is 6.03 Å². The van der Waals surface area contributed by atoms with E-state index in [1.54, 1.807) is 18.2 Å². The van der Waals surface area contributed by atoms with Crippen LogP contribution < -0.4 is 10.9 Å². The maximum Gasteiger partial charge on any atom is 0.329 e. The molecule has 0 spiro atoms. The molecule has 3 amide bonds. The third kappa shape index (κ3) is 3.55. The summed E-state index contributed by atoms with van der Waals surface area (Å²) in [5, 5.41) is 5.56. The molecule has 4 rings (SSSR count). The first-order chi connectivity index (χ1) is 14.5. The zero-order valence-electron chi connectivity index (χ0n) is 16.2. The molecule has 0 atom stereocenters. The van der Waals surface area contributed by atoms with Crippen molar-refractivity contribution < 1.29 is 14.0 Å². The smallest absolute Gasteiger partial charge is 0.303 e. The van der Waals surface area contributed by atoms with Crippen LogP contribution in [0.2, 0.25) is 0 Å². The maximum atomic E-state index is 13.4. The van der Waals surface area contributed by atoms with E-state index < -0.39 is 17.8 Å². The Morgan fingerprint density at radius 2 is 1.80 bits per heavy atom. The summed E-state index contributed by atoms with van der Waals surface area (Å²) in [5.41, 5.74) is 1.77. The van der Waals surface area contributed by atoms with Gasteiger partial charge in [-0.25, -0.2) is 13.9 Å². The number of benzene rings is 2. The first kappa shape index (κ1) is 19.4. The highest BCUT2D eigenvalue weighted by Crippen LogP contribution is 2.18. The molecule has 2 N–H and O–H groups in total. The lowest BCUT2D eigenvalue weighted by Gasteiger charge is -2.11. The number of aromatic amines is 1. The summed E-state index contributed by atoms with van der Waals surface area (Å²) < 4.78 is 14.8. The number of carbonyl (C=O) groups is 2. The number of aryl methyl sites for hydroxylation is 1. The molecule has 0 unspecified atom stereocenters. The van der Waals surface area contributed by atoms with Crippen LogP contribution in [0.4, 0.5) is 9.18 Å². The molecule has 0 radical (unpaired) electrons. The molecule has 1 fully saturated rings. The Morgan fingerprint density at radius 3 is 2.50 bits per heavy atom. The largest absolute Gasteiger partial charge is 0.329 e. The van der Waals surface area contributed by atoms with Crippen LogP contribution in [0.15, 0.2) is 65.1 Å². The van der Waals surface area contributed by atoms with Crippen LogP contribution >= 0.6 is 0 Å². The lowest BCUT2D eigenvalue weighted by Crippen LogP contribution is -2.30. The minimum atomic E-state index is -0.618. The number of urea groups is 1. The highest BCUT2D eigenvalue weighted by molar-refractivity contribution is 6.13. The quantitative estimate of drug-likeness (QED) is 0.505. The van der Waals surface area contributed by atoms with Gasteiger partial charge in [-0.05, 0) is 42.3 Å². The summed E-state index contributed by atoms with van der Waals surface area (Å²) in [6.07, 6.45) is 1.92. The van der Waals surface area contributed by atoms with Crippen LogP contribution in [-0.4, -0.2) is 26.6 Å². The monoisotopic (exact) mass is 406 g/mol. The predicted octanol–water partition coefficient (Wildman–Crippen LogP) is 2.96. The van der Waals surface area contributed by atoms with E-state index in [0.29, 0.717) is 28.9 Å². The Morgan fingerprint density at radius 1 is 1.03 bits per heavy atom. The van der Waals surface area contributed by atoms with Crippen molar-refractivity contribution in [1.29, 1.82) is 0 Å². The van der Waals surface area contributed by atoms with E-state index in [1.807, 2.05) is 25.1 Å². The van der Waals surface area contributed by atoms with Gasteiger partial charge in [0.15, 0.2) is 0 Å². The van der Waals surface area contributed by atoms with Crippen LogP contribution in [0.1, 0.15) is 23.7 Å². The molecule has 8 heteroatoms. The van der Waals surface area contributed by atoms with Crippen LogP contribution in [0.25, 0.3) is 11.8 Å². The Kier molecular flexibility index (Phi) is 5.05. The van der Waals surface area contributed by atoms with Gasteiger partial charge in [-0.1, -0.05) is 37.3 Å². The Labute approximate surface area is 171 Å². The second-order valence-electron chi connectivity index (χ2n) is 6.84. The highest BCUT2D eigenvalue weighted by atomic mass is 19.1. The number of nitrogens with zero attached hydrogens (tertiary/aromatic N) is 2. The van der Waals surface area contributed by atoms with Gasteiger partial charge in [0.2, 0.25) is 0 Å². The van der Waals surface area contributed by atoms with Crippen molar-refractivity contribution >= 4 is 18.0 Å².